The molecule has 3 aromatic rings. The summed E-state index contributed by atoms with van der Waals surface area (Å²) in [5, 5.41) is 6.46. The molecule has 0 bridgehead atoms. The summed E-state index contributed by atoms with van der Waals surface area (Å²) in [6, 6.07) is 10.5. The van der Waals surface area contributed by atoms with Crippen LogP contribution in [0.2, 0.25) is 5.02 Å². The lowest BCUT2D eigenvalue weighted by Gasteiger charge is -2.24. The molecule has 2 N–H and O–H groups in total. The van der Waals surface area contributed by atoms with Gasteiger partial charge < -0.3 is 15.2 Å². The van der Waals surface area contributed by atoms with E-state index in [1.54, 1.807) is 30.5 Å². The number of carbonyl (C=O) groups excluding carboxylic acids is 1. The summed E-state index contributed by atoms with van der Waals surface area (Å²) < 4.78 is 2.08. The molecule has 0 aliphatic carbocycles. The summed E-state index contributed by atoms with van der Waals surface area (Å²) in [6.45, 7) is 8.29. The Morgan fingerprint density at radius 1 is 1.15 bits per heavy atom. The molecular formula is C20H24ClN5O. The van der Waals surface area contributed by atoms with Gasteiger partial charge in [0.15, 0.2) is 5.65 Å². The van der Waals surface area contributed by atoms with Gasteiger partial charge in [-0.2, -0.15) is 0 Å². The topological polar surface area (TPSA) is 71.8 Å². The van der Waals surface area contributed by atoms with E-state index >= 15 is 0 Å². The van der Waals surface area contributed by atoms with E-state index in [1.165, 1.54) is 0 Å². The number of rotatable bonds is 5. The predicted molar refractivity (Wildman–Crippen MR) is 109 cm³/mol. The van der Waals surface area contributed by atoms with E-state index in [1.807, 2.05) is 12.1 Å². The number of halogens is 1. The van der Waals surface area contributed by atoms with Crippen LogP contribution in [0, 0.1) is 5.92 Å². The van der Waals surface area contributed by atoms with E-state index in [-0.39, 0.29) is 24.0 Å². The summed E-state index contributed by atoms with van der Waals surface area (Å²) in [4.78, 5) is 21.8. The van der Waals surface area contributed by atoms with Crippen LogP contribution in [0.1, 0.15) is 45.6 Å². The number of urea groups is 1. The number of hydrogen-bond donors (Lipinski definition) is 2. The van der Waals surface area contributed by atoms with Crippen molar-refractivity contribution in [3.63, 3.8) is 0 Å². The molecule has 7 heteroatoms. The molecule has 1 atom stereocenters. The fraction of sp³-hybridized carbons (Fsp3) is 0.350. The number of benzene rings is 1. The van der Waals surface area contributed by atoms with Gasteiger partial charge in [-0.25, -0.2) is 14.8 Å². The van der Waals surface area contributed by atoms with Crippen LogP contribution in [0.3, 0.4) is 0 Å². The van der Waals surface area contributed by atoms with Gasteiger partial charge in [-0.3, -0.25) is 0 Å². The second kappa shape index (κ2) is 7.96. The highest BCUT2D eigenvalue weighted by Gasteiger charge is 2.26. The number of hydrogen-bond acceptors (Lipinski definition) is 3. The molecule has 0 aliphatic heterocycles. The molecule has 0 aliphatic rings. The summed E-state index contributed by atoms with van der Waals surface area (Å²) in [5.74, 6) is 0.944. The zero-order valence-corrected chi connectivity index (χ0v) is 16.7. The van der Waals surface area contributed by atoms with E-state index < -0.39 is 0 Å². The molecule has 0 fully saturated rings. The Balaban J connectivity index is 1.91. The first-order valence-electron chi connectivity index (χ1n) is 9.02. The standard InChI is InChI=1S/C20H24ClN5O/c1-12(2)17(25-20(27)23-15-8-5-7-14(21)11-15)19-24-16-9-6-10-22-18(16)26(19)13(3)4/h5-13,17H,1-4H3,(H2,23,25,27)/t17-/m0/s1. The molecule has 0 spiro atoms. The van der Waals surface area contributed by atoms with Crippen molar-refractivity contribution in [3.8, 4) is 0 Å². The highest BCUT2D eigenvalue weighted by Crippen LogP contribution is 2.28. The lowest BCUT2D eigenvalue weighted by molar-refractivity contribution is 0.243. The van der Waals surface area contributed by atoms with E-state index in [0.717, 1.165) is 17.0 Å². The van der Waals surface area contributed by atoms with Crippen molar-refractivity contribution >= 4 is 34.5 Å². The molecule has 2 heterocycles. The fourth-order valence-corrected chi connectivity index (χ4v) is 3.27. The number of aromatic nitrogens is 3. The Morgan fingerprint density at radius 2 is 1.93 bits per heavy atom. The minimum Gasteiger partial charge on any atom is -0.328 e. The molecule has 0 saturated carbocycles. The quantitative estimate of drug-likeness (QED) is 0.635. The van der Waals surface area contributed by atoms with Crippen molar-refractivity contribution in [1.82, 2.24) is 19.9 Å². The summed E-state index contributed by atoms with van der Waals surface area (Å²) in [7, 11) is 0. The van der Waals surface area contributed by atoms with E-state index in [2.05, 4.69) is 47.9 Å². The second-order valence-electron chi connectivity index (χ2n) is 7.11. The molecule has 0 saturated heterocycles. The highest BCUT2D eigenvalue weighted by atomic mass is 35.5. The van der Waals surface area contributed by atoms with Crippen molar-refractivity contribution in [3.05, 3.63) is 53.4 Å². The lowest BCUT2D eigenvalue weighted by atomic mass is 10.0. The first kappa shape index (κ1) is 19.2. The number of nitrogens with zero attached hydrogens (tertiary/aromatic N) is 3. The van der Waals surface area contributed by atoms with Gasteiger partial charge in [0.2, 0.25) is 0 Å². The largest absolute Gasteiger partial charge is 0.328 e. The molecule has 6 nitrogen and oxygen atoms in total. The fourth-order valence-electron chi connectivity index (χ4n) is 3.08. The van der Waals surface area contributed by atoms with Gasteiger partial charge in [-0.15, -0.1) is 0 Å². The number of pyridine rings is 1. The van der Waals surface area contributed by atoms with Gasteiger partial charge in [0.1, 0.15) is 11.3 Å². The van der Waals surface area contributed by atoms with Crippen LogP contribution in [-0.4, -0.2) is 20.6 Å². The van der Waals surface area contributed by atoms with Gasteiger partial charge >= 0.3 is 6.03 Å². The summed E-state index contributed by atoms with van der Waals surface area (Å²) >= 11 is 5.99. The Labute approximate surface area is 164 Å². The van der Waals surface area contributed by atoms with Crippen LogP contribution in [0.15, 0.2) is 42.6 Å². The maximum absolute atomic E-state index is 12.6. The normalized spacial score (nSPS) is 12.6. The molecule has 3 rings (SSSR count). The van der Waals surface area contributed by atoms with Crippen molar-refractivity contribution in [1.29, 1.82) is 0 Å². The second-order valence-corrected chi connectivity index (χ2v) is 7.55. The van der Waals surface area contributed by atoms with Crippen molar-refractivity contribution in [2.75, 3.05) is 5.32 Å². The number of nitrogens with one attached hydrogen (secondary N) is 2. The minimum atomic E-state index is -0.300. The third-order valence-corrected chi connectivity index (χ3v) is 4.54. The summed E-state index contributed by atoms with van der Waals surface area (Å²) in [5.41, 5.74) is 2.29. The Bertz CT molecular complexity index is 950. The van der Waals surface area contributed by atoms with Gasteiger partial charge in [-0.05, 0) is 50.1 Å². The molecule has 142 valence electrons. The zero-order valence-electron chi connectivity index (χ0n) is 15.9. The molecule has 2 aromatic heterocycles. The van der Waals surface area contributed by atoms with Crippen molar-refractivity contribution in [2.24, 2.45) is 5.92 Å². The lowest BCUT2D eigenvalue weighted by Crippen LogP contribution is -2.36. The molecule has 0 unspecified atom stereocenters. The third kappa shape index (κ3) is 4.22. The number of amides is 2. The van der Waals surface area contributed by atoms with Crippen LogP contribution < -0.4 is 10.6 Å². The Morgan fingerprint density at radius 3 is 2.59 bits per heavy atom. The first-order valence-corrected chi connectivity index (χ1v) is 9.40. The van der Waals surface area contributed by atoms with Crippen molar-refractivity contribution < 1.29 is 4.79 Å². The Kier molecular flexibility index (Phi) is 5.65. The molecule has 1 aromatic carbocycles. The van der Waals surface area contributed by atoms with E-state index in [4.69, 9.17) is 16.6 Å². The maximum Gasteiger partial charge on any atom is 0.319 e. The average molecular weight is 386 g/mol. The van der Waals surface area contributed by atoms with E-state index in [0.29, 0.717) is 10.7 Å². The molecule has 27 heavy (non-hydrogen) atoms. The van der Waals surface area contributed by atoms with Crippen LogP contribution in [0.4, 0.5) is 10.5 Å². The highest BCUT2D eigenvalue weighted by molar-refractivity contribution is 6.30. The van der Waals surface area contributed by atoms with Gasteiger partial charge in [0.25, 0.3) is 0 Å². The third-order valence-electron chi connectivity index (χ3n) is 4.31. The van der Waals surface area contributed by atoms with Crippen LogP contribution in [0.5, 0.6) is 0 Å². The van der Waals surface area contributed by atoms with E-state index in [9.17, 15) is 4.79 Å². The SMILES string of the molecule is CC(C)[C@H](NC(=O)Nc1cccc(Cl)c1)c1nc2cccnc2n1C(C)C. The number of carbonyl (C=O) groups is 1. The Hall–Kier alpha value is -2.60. The molecule has 0 radical (unpaired) electrons. The number of anilines is 1. The summed E-state index contributed by atoms with van der Waals surface area (Å²) in [6.07, 6.45) is 1.76. The van der Waals surface area contributed by atoms with Crippen LogP contribution in [-0.2, 0) is 0 Å². The van der Waals surface area contributed by atoms with Gasteiger partial charge in [0, 0.05) is 22.9 Å². The monoisotopic (exact) mass is 385 g/mol. The van der Waals surface area contributed by atoms with Gasteiger partial charge in [0.05, 0.1) is 6.04 Å². The van der Waals surface area contributed by atoms with Crippen LogP contribution >= 0.6 is 11.6 Å². The maximum atomic E-state index is 12.6. The average Bonchev–Trinajstić information content (AvgIpc) is 2.98. The van der Waals surface area contributed by atoms with Gasteiger partial charge in [-0.1, -0.05) is 31.5 Å². The van der Waals surface area contributed by atoms with Crippen LogP contribution in [0.25, 0.3) is 11.2 Å². The number of fused-ring (bicyclic) bond motifs is 1. The first-order chi connectivity index (χ1) is 12.9. The molecule has 2 amide bonds. The minimum absolute atomic E-state index is 0.143. The zero-order chi connectivity index (χ0) is 19.6. The predicted octanol–water partition coefficient (Wildman–Crippen LogP) is 5.18. The molecular weight excluding hydrogens is 362 g/mol. The number of imidazole rings is 1. The smallest absolute Gasteiger partial charge is 0.319 e. The van der Waals surface area contributed by atoms with Crippen molar-refractivity contribution in [2.45, 2.75) is 39.8 Å².